The van der Waals surface area contributed by atoms with E-state index in [1.807, 2.05) is 0 Å². The summed E-state index contributed by atoms with van der Waals surface area (Å²) in [6.07, 6.45) is 6.64. The zero-order valence-corrected chi connectivity index (χ0v) is 8.50. The molecule has 0 fully saturated rings. The fourth-order valence-electron chi connectivity index (χ4n) is 0.808. The van der Waals surface area contributed by atoms with Crippen LogP contribution in [0.2, 0.25) is 0 Å². The summed E-state index contributed by atoms with van der Waals surface area (Å²) < 4.78 is 4.47. The van der Waals surface area contributed by atoms with Gasteiger partial charge in [-0.05, 0) is 19.4 Å². The maximum Gasteiger partial charge on any atom is 0.320 e. The zero-order valence-electron chi connectivity index (χ0n) is 8.50. The van der Waals surface area contributed by atoms with Gasteiger partial charge in [-0.1, -0.05) is 6.42 Å². The number of carboxylic acids is 1. The number of rotatable bonds is 5. The van der Waals surface area contributed by atoms with Gasteiger partial charge in [-0.25, -0.2) is 4.98 Å². The van der Waals surface area contributed by atoms with Gasteiger partial charge in [-0.3, -0.25) is 4.79 Å². The number of nitrogens with two attached hydrogens (primary N) is 2. The summed E-state index contributed by atoms with van der Waals surface area (Å²) in [4.78, 5) is 13.7. The van der Waals surface area contributed by atoms with Crippen LogP contribution in [0.4, 0.5) is 0 Å². The summed E-state index contributed by atoms with van der Waals surface area (Å²) in [5.41, 5.74) is 10.4. The van der Waals surface area contributed by atoms with Crippen molar-refractivity contribution in [3.63, 3.8) is 0 Å². The highest BCUT2D eigenvalue weighted by Crippen LogP contribution is 1.96. The molecule has 6 heteroatoms. The molecule has 6 nitrogen and oxygen atoms in total. The van der Waals surface area contributed by atoms with Gasteiger partial charge in [0.1, 0.15) is 12.3 Å². The first-order valence-corrected chi connectivity index (χ1v) is 4.69. The van der Waals surface area contributed by atoms with Crippen LogP contribution in [-0.4, -0.2) is 28.6 Å². The first-order valence-electron chi connectivity index (χ1n) is 4.69. The van der Waals surface area contributed by atoms with Gasteiger partial charge >= 0.3 is 5.97 Å². The molecule has 1 aromatic rings. The van der Waals surface area contributed by atoms with E-state index in [0.717, 1.165) is 12.8 Å². The summed E-state index contributed by atoms with van der Waals surface area (Å²) in [7, 11) is 0. The lowest BCUT2D eigenvalue weighted by atomic mass is 10.1. The van der Waals surface area contributed by atoms with E-state index in [1.54, 1.807) is 6.20 Å². The molecule has 1 atom stereocenters. The van der Waals surface area contributed by atoms with Crippen molar-refractivity contribution in [1.82, 2.24) is 4.98 Å². The summed E-state index contributed by atoms with van der Waals surface area (Å²) in [6, 6.07) is -0.716. The van der Waals surface area contributed by atoms with Crippen LogP contribution in [0.15, 0.2) is 23.3 Å². The lowest BCUT2D eigenvalue weighted by Gasteiger charge is -2.03. The van der Waals surface area contributed by atoms with E-state index in [9.17, 15) is 4.79 Å². The second-order valence-corrected chi connectivity index (χ2v) is 2.90. The molecule has 1 heterocycles. The van der Waals surface area contributed by atoms with Gasteiger partial charge in [-0.2, -0.15) is 0 Å². The topological polar surface area (TPSA) is 115 Å². The van der Waals surface area contributed by atoms with Crippen molar-refractivity contribution in [2.24, 2.45) is 11.5 Å². The molecule has 0 aromatic carbocycles. The molecule has 1 rings (SSSR count). The Morgan fingerprint density at radius 3 is 2.60 bits per heavy atom. The van der Waals surface area contributed by atoms with Gasteiger partial charge < -0.3 is 21.0 Å². The Bertz CT molecular complexity index is 222. The van der Waals surface area contributed by atoms with E-state index in [4.69, 9.17) is 16.6 Å². The van der Waals surface area contributed by atoms with Gasteiger partial charge in [0.05, 0.1) is 6.20 Å². The van der Waals surface area contributed by atoms with Crippen molar-refractivity contribution in [3.8, 4) is 0 Å². The Hall–Kier alpha value is -1.40. The minimum atomic E-state index is -0.933. The Balaban J connectivity index is 0.000000322. The maximum atomic E-state index is 10.1. The molecular weight excluding hydrogens is 198 g/mol. The molecule has 0 amide bonds. The molecule has 1 aromatic heterocycles. The molecule has 0 aliphatic carbocycles. The molecule has 1 unspecified atom stereocenters. The van der Waals surface area contributed by atoms with E-state index in [0.29, 0.717) is 13.0 Å². The summed E-state index contributed by atoms with van der Waals surface area (Å²) in [6.45, 7) is 0.604. The Morgan fingerprint density at radius 2 is 2.27 bits per heavy atom. The lowest BCUT2D eigenvalue weighted by molar-refractivity contribution is -0.138. The standard InChI is InChI=1S/C6H14N2O2.C3H3NO/c7-4-2-1-3-5(8)6(9)10;1-2-5-3-4-1/h5H,1-4,7-8H2,(H,9,10);1-3H. The molecule has 86 valence electrons. The molecule has 5 N–H and O–H groups in total. The number of hydrogen-bond donors (Lipinski definition) is 3. The third-order valence-electron chi connectivity index (χ3n) is 1.63. The monoisotopic (exact) mass is 215 g/mol. The number of aromatic nitrogens is 1. The first-order chi connectivity index (χ1) is 7.18. The van der Waals surface area contributed by atoms with E-state index in [-0.39, 0.29) is 0 Å². The minimum absolute atomic E-state index is 0.520. The fourth-order valence-corrected chi connectivity index (χ4v) is 0.808. The molecule has 0 bridgehead atoms. The number of nitrogens with zero attached hydrogens (tertiary/aromatic N) is 1. The molecule has 0 spiro atoms. The molecule has 0 saturated carbocycles. The number of oxazole rings is 1. The quantitative estimate of drug-likeness (QED) is 0.604. The number of unbranched alkanes of at least 4 members (excludes halogenated alkanes) is 1. The van der Waals surface area contributed by atoms with Crippen molar-refractivity contribution < 1.29 is 14.3 Å². The molecule has 15 heavy (non-hydrogen) atoms. The molecule has 0 aliphatic heterocycles. The van der Waals surface area contributed by atoms with Crippen LogP contribution in [0.25, 0.3) is 0 Å². The average Bonchev–Trinajstić information content (AvgIpc) is 2.75. The SMILES string of the molecule is NCCCCC(N)C(=O)O.c1cocn1. The average molecular weight is 215 g/mol. The first kappa shape index (κ1) is 13.6. The number of carboxylic acid groups (broad SMARTS) is 1. The number of aliphatic carboxylic acids is 1. The molecule has 0 saturated heterocycles. The van der Waals surface area contributed by atoms with Crippen molar-refractivity contribution in [2.45, 2.75) is 25.3 Å². The molecule has 0 aliphatic rings. The summed E-state index contributed by atoms with van der Waals surface area (Å²) in [5, 5.41) is 8.33. The summed E-state index contributed by atoms with van der Waals surface area (Å²) >= 11 is 0. The molecular formula is C9H17N3O3. The van der Waals surface area contributed by atoms with Crippen molar-refractivity contribution >= 4 is 5.97 Å². The fraction of sp³-hybridized carbons (Fsp3) is 0.556. The van der Waals surface area contributed by atoms with Gasteiger partial charge in [0, 0.05) is 0 Å². The maximum absolute atomic E-state index is 10.1. The second-order valence-electron chi connectivity index (χ2n) is 2.90. The third kappa shape index (κ3) is 8.92. The van der Waals surface area contributed by atoms with Crippen LogP contribution >= 0.6 is 0 Å². The van der Waals surface area contributed by atoms with Gasteiger partial charge in [0.25, 0.3) is 0 Å². The lowest BCUT2D eigenvalue weighted by Crippen LogP contribution is -2.29. The zero-order chi connectivity index (χ0) is 11.5. The van der Waals surface area contributed by atoms with E-state index >= 15 is 0 Å². The van der Waals surface area contributed by atoms with Gasteiger partial charge in [0.15, 0.2) is 6.39 Å². The van der Waals surface area contributed by atoms with Gasteiger partial charge in [0.2, 0.25) is 0 Å². The Labute approximate surface area is 88.3 Å². The Kier molecular flexibility index (Phi) is 8.31. The van der Waals surface area contributed by atoms with Crippen molar-refractivity contribution in [2.75, 3.05) is 6.54 Å². The van der Waals surface area contributed by atoms with Crippen molar-refractivity contribution in [1.29, 1.82) is 0 Å². The van der Waals surface area contributed by atoms with E-state index < -0.39 is 12.0 Å². The number of hydrogen-bond acceptors (Lipinski definition) is 5. The number of carbonyl (C=O) groups is 1. The smallest absolute Gasteiger partial charge is 0.320 e. The highest BCUT2D eigenvalue weighted by atomic mass is 16.4. The van der Waals surface area contributed by atoms with Crippen LogP contribution in [-0.2, 0) is 4.79 Å². The van der Waals surface area contributed by atoms with Crippen molar-refractivity contribution in [3.05, 3.63) is 18.9 Å². The highest BCUT2D eigenvalue weighted by Gasteiger charge is 2.09. The highest BCUT2D eigenvalue weighted by molar-refractivity contribution is 5.72. The molecule has 0 radical (unpaired) electrons. The van der Waals surface area contributed by atoms with Crippen LogP contribution in [0.3, 0.4) is 0 Å². The summed E-state index contributed by atoms with van der Waals surface area (Å²) in [5.74, 6) is -0.933. The van der Waals surface area contributed by atoms with E-state index in [2.05, 4.69) is 9.40 Å². The van der Waals surface area contributed by atoms with Crippen LogP contribution < -0.4 is 11.5 Å². The Morgan fingerprint density at radius 1 is 1.53 bits per heavy atom. The second kappa shape index (κ2) is 9.17. The van der Waals surface area contributed by atoms with Crippen LogP contribution in [0.1, 0.15) is 19.3 Å². The predicted octanol–water partition coefficient (Wildman–Crippen LogP) is 0.202. The van der Waals surface area contributed by atoms with Crippen LogP contribution in [0, 0.1) is 0 Å². The minimum Gasteiger partial charge on any atom is -0.480 e. The largest absolute Gasteiger partial charge is 0.480 e. The van der Waals surface area contributed by atoms with E-state index in [1.165, 1.54) is 12.7 Å². The third-order valence-corrected chi connectivity index (χ3v) is 1.63. The van der Waals surface area contributed by atoms with Crippen LogP contribution in [0.5, 0.6) is 0 Å². The van der Waals surface area contributed by atoms with Gasteiger partial charge in [-0.15, -0.1) is 0 Å². The normalized spacial score (nSPS) is 11.3. The predicted molar refractivity (Wildman–Crippen MR) is 55.0 cm³/mol.